The molecule has 1 aromatic carbocycles. The summed E-state index contributed by atoms with van der Waals surface area (Å²) >= 11 is 0. The number of hydrogen-bond acceptors (Lipinski definition) is 2. The summed E-state index contributed by atoms with van der Waals surface area (Å²) in [5, 5.41) is 9.68. The molecule has 1 aromatic heterocycles. The lowest BCUT2D eigenvalue weighted by molar-refractivity contribution is 0.0699. The van der Waals surface area contributed by atoms with Gasteiger partial charge in [-0.1, -0.05) is 19.9 Å². The van der Waals surface area contributed by atoms with Crippen LogP contribution in [-0.4, -0.2) is 11.1 Å². The fraction of sp³-hybridized carbons (Fsp3) is 0.308. The van der Waals surface area contributed by atoms with Crippen molar-refractivity contribution in [2.24, 2.45) is 0 Å². The van der Waals surface area contributed by atoms with E-state index >= 15 is 0 Å². The molecule has 0 aliphatic carbocycles. The van der Waals surface area contributed by atoms with Gasteiger partial charge in [-0.2, -0.15) is 0 Å². The lowest BCUT2D eigenvalue weighted by Gasteiger charge is -1.96. The maximum absolute atomic E-state index is 10.9. The van der Waals surface area contributed by atoms with Crippen molar-refractivity contribution in [2.75, 3.05) is 0 Å². The van der Waals surface area contributed by atoms with Gasteiger partial charge in [0.15, 0.2) is 0 Å². The number of rotatable bonds is 1. The summed E-state index contributed by atoms with van der Waals surface area (Å²) < 4.78 is 5.43. The molecule has 0 aliphatic rings. The highest BCUT2D eigenvalue weighted by atomic mass is 16.4. The van der Waals surface area contributed by atoms with Crippen molar-refractivity contribution in [3.05, 3.63) is 35.1 Å². The van der Waals surface area contributed by atoms with Crippen molar-refractivity contribution in [3.63, 3.8) is 0 Å². The van der Waals surface area contributed by atoms with Gasteiger partial charge in [-0.05, 0) is 31.5 Å². The summed E-state index contributed by atoms with van der Waals surface area (Å²) in [7, 11) is 0. The van der Waals surface area contributed by atoms with Gasteiger partial charge in [0.25, 0.3) is 0 Å². The average molecular weight is 220 g/mol. The zero-order valence-corrected chi connectivity index (χ0v) is 10.00. The second kappa shape index (κ2) is 4.84. The Morgan fingerprint density at radius 2 is 1.88 bits per heavy atom. The maximum atomic E-state index is 10.9. The Morgan fingerprint density at radius 1 is 1.25 bits per heavy atom. The van der Waals surface area contributed by atoms with Gasteiger partial charge >= 0.3 is 5.97 Å². The van der Waals surface area contributed by atoms with Crippen molar-refractivity contribution >= 4 is 16.9 Å². The topological polar surface area (TPSA) is 50.4 Å². The summed E-state index contributed by atoms with van der Waals surface area (Å²) in [5.41, 5.74) is 1.84. The van der Waals surface area contributed by atoms with E-state index in [4.69, 9.17) is 9.52 Å². The van der Waals surface area contributed by atoms with Crippen LogP contribution in [0.1, 0.15) is 35.5 Å². The van der Waals surface area contributed by atoms with Gasteiger partial charge in [0.1, 0.15) is 11.3 Å². The van der Waals surface area contributed by atoms with Crippen molar-refractivity contribution in [3.8, 4) is 0 Å². The predicted octanol–water partition coefficient (Wildman–Crippen LogP) is 3.77. The number of aryl methyl sites for hydroxylation is 2. The fourth-order valence-electron chi connectivity index (χ4n) is 1.60. The first-order chi connectivity index (χ1) is 7.61. The van der Waals surface area contributed by atoms with E-state index < -0.39 is 5.97 Å². The SMILES string of the molecule is CC.Cc1oc2cccc(C(=O)O)c2c1C. The zero-order valence-electron chi connectivity index (χ0n) is 10.00. The molecule has 1 N–H and O–H groups in total. The molecule has 2 aromatic rings. The third kappa shape index (κ3) is 1.94. The lowest BCUT2D eigenvalue weighted by atomic mass is 10.1. The first-order valence-electron chi connectivity index (χ1n) is 5.33. The molecule has 0 bridgehead atoms. The molecule has 0 amide bonds. The summed E-state index contributed by atoms with van der Waals surface area (Å²) in [6, 6.07) is 5.06. The molecule has 0 spiro atoms. The molecule has 0 aliphatic heterocycles. The molecule has 0 radical (unpaired) electrons. The van der Waals surface area contributed by atoms with Crippen LogP contribution >= 0.6 is 0 Å². The zero-order chi connectivity index (χ0) is 12.3. The molecular formula is C13H16O3. The molecular weight excluding hydrogens is 204 g/mol. The summed E-state index contributed by atoms with van der Waals surface area (Å²) in [6.45, 7) is 7.70. The van der Waals surface area contributed by atoms with E-state index in [2.05, 4.69) is 0 Å². The Balaban J connectivity index is 0.000000606. The van der Waals surface area contributed by atoms with Crippen molar-refractivity contribution in [1.29, 1.82) is 0 Å². The van der Waals surface area contributed by atoms with Crippen molar-refractivity contribution in [1.82, 2.24) is 0 Å². The minimum absolute atomic E-state index is 0.303. The Hall–Kier alpha value is -1.77. The molecule has 3 heteroatoms. The van der Waals surface area contributed by atoms with Gasteiger partial charge in [-0.25, -0.2) is 4.79 Å². The number of fused-ring (bicyclic) bond motifs is 1. The predicted molar refractivity (Wildman–Crippen MR) is 64.0 cm³/mol. The number of hydrogen-bond donors (Lipinski definition) is 1. The average Bonchev–Trinajstić information content (AvgIpc) is 2.57. The Kier molecular flexibility index (Phi) is 3.72. The summed E-state index contributed by atoms with van der Waals surface area (Å²) in [4.78, 5) is 10.9. The van der Waals surface area contributed by atoms with E-state index in [-0.39, 0.29) is 0 Å². The molecule has 0 saturated heterocycles. The minimum atomic E-state index is -0.917. The highest BCUT2D eigenvalue weighted by molar-refractivity contribution is 6.03. The molecule has 2 rings (SSSR count). The normalized spacial score (nSPS) is 9.75. The Morgan fingerprint density at radius 3 is 2.44 bits per heavy atom. The number of furan rings is 1. The molecule has 16 heavy (non-hydrogen) atoms. The van der Waals surface area contributed by atoms with E-state index in [0.717, 1.165) is 11.3 Å². The second-order valence-corrected chi connectivity index (χ2v) is 3.27. The quantitative estimate of drug-likeness (QED) is 0.795. The van der Waals surface area contributed by atoms with Crippen LogP contribution in [0.15, 0.2) is 22.6 Å². The number of carboxylic acid groups (broad SMARTS) is 1. The van der Waals surface area contributed by atoms with E-state index in [9.17, 15) is 4.79 Å². The maximum Gasteiger partial charge on any atom is 0.336 e. The van der Waals surface area contributed by atoms with E-state index in [1.165, 1.54) is 0 Å². The standard InChI is InChI=1S/C11H10O3.C2H6/c1-6-7(2)14-9-5-3-4-8(10(6)9)11(12)13;1-2/h3-5H,1-2H3,(H,12,13);1-2H3. The first-order valence-corrected chi connectivity index (χ1v) is 5.33. The van der Waals surface area contributed by atoms with E-state index in [0.29, 0.717) is 16.5 Å². The smallest absolute Gasteiger partial charge is 0.336 e. The van der Waals surface area contributed by atoms with Gasteiger partial charge in [-0.3, -0.25) is 0 Å². The largest absolute Gasteiger partial charge is 0.478 e. The molecule has 0 saturated carbocycles. The molecule has 86 valence electrons. The number of carbonyl (C=O) groups is 1. The molecule has 0 unspecified atom stereocenters. The van der Waals surface area contributed by atoms with Crippen LogP contribution in [0.4, 0.5) is 0 Å². The second-order valence-electron chi connectivity index (χ2n) is 3.27. The highest BCUT2D eigenvalue weighted by Crippen LogP contribution is 2.27. The van der Waals surface area contributed by atoms with Gasteiger partial charge in [0.2, 0.25) is 0 Å². The van der Waals surface area contributed by atoms with Crippen LogP contribution in [0, 0.1) is 13.8 Å². The van der Waals surface area contributed by atoms with E-state index in [1.54, 1.807) is 18.2 Å². The molecule has 0 fully saturated rings. The highest BCUT2D eigenvalue weighted by Gasteiger charge is 2.14. The van der Waals surface area contributed by atoms with Crippen molar-refractivity contribution < 1.29 is 14.3 Å². The number of aromatic carboxylic acids is 1. The van der Waals surface area contributed by atoms with Gasteiger partial charge in [0, 0.05) is 5.39 Å². The lowest BCUT2D eigenvalue weighted by Crippen LogP contribution is -1.96. The fourth-order valence-corrected chi connectivity index (χ4v) is 1.60. The monoisotopic (exact) mass is 220 g/mol. The van der Waals surface area contributed by atoms with Crippen LogP contribution in [0.3, 0.4) is 0 Å². The Bertz CT molecular complexity index is 509. The van der Waals surface area contributed by atoms with Gasteiger partial charge < -0.3 is 9.52 Å². The van der Waals surface area contributed by atoms with Crippen LogP contribution < -0.4 is 0 Å². The summed E-state index contributed by atoms with van der Waals surface area (Å²) in [5.74, 6) is -0.145. The van der Waals surface area contributed by atoms with Crippen molar-refractivity contribution in [2.45, 2.75) is 27.7 Å². The third-order valence-corrected chi connectivity index (χ3v) is 2.42. The van der Waals surface area contributed by atoms with Crippen LogP contribution in [0.2, 0.25) is 0 Å². The summed E-state index contributed by atoms with van der Waals surface area (Å²) in [6.07, 6.45) is 0. The molecule has 3 nitrogen and oxygen atoms in total. The Labute approximate surface area is 94.7 Å². The minimum Gasteiger partial charge on any atom is -0.478 e. The number of benzene rings is 1. The first kappa shape index (κ1) is 12.3. The van der Waals surface area contributed by atoms with E-state index in [1.807, 2.05) is 27.7 Å². The van der Waals surface area contributed by atoms with Crippen LogP contribution in [-0.2, 0) is 0 Å². The third-order valence-electron chi connectivity index (χ3n) is 2.42. The van der Waals surface area contributed by atoms with Gasteiger partial charge in [-0.15, -0.1) is 0 Å². The van der Waals surface area contributed by atoms with Crippen LogP contribution in [0.25, 0.3) is 11.0 Å². The molecule has 0 atom stereocenters. The molecule has 1 heterocycles. The number of carboxylic acids is 1. The van der Waals surface area contributed by atoms with Crippen LogP contribution in [0.5, 0.6) is 0 Å². The van der Waals surface area contributed by atoms with Gasteiger partial charge in [0.05, 0.1) is 5.56 Å².